The SMILES string of the molecule is [C-]#[N+][C@@](C)(CCCBr)C(=O)OC. The first-order chi connectivity index (χ1) is 5.60. The summed E-state index contributed by atoms with van der Waals surface area (Å²) in [6.45, 7) is 8.48. The summed E-state index contributed by atoms with van der Waals surface area (Å²) in [5.41, 5.74) is -0.998. The number of ether oxygens (including phenoxy) is 1. The van der Waals surface area contributed by atoms with Gasteiger partial charge in [0.1, 0.15) is 0 Å². The summed E-state index contributed by atoms with van der Waals surface area (Å²) in [5, 5.41) is 0.801. The minimum atomic E-state index is -0.998. The van der Waals surface area contributed by atoms with Crippen LogP contribution in [0.4, 0.5) is 0 Å². The molecule has 0 saturated carbocycles. The lowest BCUT2D eigenvalue weighted by molar-refractivity contribution is -0.145. The van der Waals surface area contributed by atoms with E-state index in [0.717, 1.165) is 11.8 Å². The molecule has 0 aromatic rings. The van der Waals surface area contributed by atoms with Crippen molar-refractivity contribution in [3.8, 4) is 0 Å². The Morgan fingerprint density at radius 3 is 2.67 bits per heavy atom. The van der Waals surface area contributed by atoms with Crippen molar-refractivity contribution in [1.29, 1.82) is 0 Å². The second kappa shape index (κ2) is 5.15. The first kappa shape index (κ1) is 11.4. The van der Waals surface area contributed by atoms with Crippen LogP contribution in [0.15, 0.2) is 0 Å². The Labute approximate surface area is 81.0 Å². The van der Waals surface area contributed by atoms with Gasteiger partial charge in [-0.15, -0.1) is 0 Å². The Hall–Kier alpha value is -0.560. The van der Waals surface area contributed by atoms with Gasteiger partial charge in [0, 0.05) is 18.7 Å². The van der Waals surface area contributed by atoms with E-state index in [1.165, 1.54) is 7.11 Å². The van der Waals surface area contributed by atoms with Crippen LogP contribution in [0, 0.1) is 6.57 Å². The average molecular weight is 234 g/mol. The fourth-order valence-electron chi connectivity index (χ4n) is 0.835. The van der Waals surface area contributed by atoms with E-state index in [1.54, 1.807) is 6.92 Å². The van der Waals surface area contributed by atoms with Crippen LogP contribution < -0.4 is 0 Å². The van der Waals surface area contributed by atoms with E-state index in [4.69, 9.17) is 6.57 Å². The quantitative estimate of drug-likeness (QED) is 0.423. The highest BCUT2D eigenvalue weighted by Crippen LogP contribution is 2.19. The maximum atomic E-state index is 11.1. The fraction of sp³-hybridized carbons (Fsp3) is 0.750. The molecule has 68 valence electrons. The molecule has 0 rings (SSSR count). The van der Waals surface area contributed by atoms with Crippen molar-refractivity contribution in [2.45, 2.75) is 25.3 Å². The van der Waals surface area contributed by atoms with Crippen LogP contribution in [-0.4, -0.2) is 23.9 Å². The van der Waals surface area contributed by atoms with Crippen molar-refractivity contribution >= 4 is 21.9 Å². The van der Waals surface area contributed by atoms with Gasteiger partial charge >= 0.3 is 11.5 Å². The predicted molar refractivity (Wildman–Crippen MR) is 50.1 cm³/mol. The molecule has 0 radical (unpaired) electrons. The third-order valence-electron chi connectivity index (χ3n) is 1.67. The molecule has 3 nitrogen and oxygen atoms in total. The lowest BCUT2D eigenvalue weighted by Crippen LogP contribution is -2.32. The number of nitrogens with zero attached hydrogens (tertiary/aromatic N) is 1. The minimum absolute atomic E-state index is 0.446. The van der Waals surface area contributed by atoms with Gasteiger partial charge in [-0.1, -0.05) is 15.9 Å². The van der Waals surface area contributed by atoms with Crippen molar-refractivity contribution in [1.82, 2.24) is 0 Å². The second-order valence-corrected chi connectivity index (χ2v) is 3.46. The smallest absolute Gasteiger partial charge is 0.392 e. The Bertz CT molecular complexity index is 200. The Kier molecular flexibility index (Phi) is 4.91. The van der Waals surface area contributed by atoms with Crippen LogP contribution in [0.3, 0.4) is 0 Å². The van der Waals surface area contributed by atoms with Gasteiger partial charge in [-0.25, -0.2) is 11.4 Å². The van der Waals surface area contributed by atoms with Crippen LogP contribution in [0.5, 0.6) is 0 Å². The van der Waals surface area contributed by atoms with Crippen LogP contribution in [0.25, 0.3) is 4.85 Å². The van der Waals surface area contributed by atoms with E-state index >= 15 is 0 Å². The van der Waals surface area contributed by atoms with Gasteiger partial charge in [0.05, 0.1) is 7.11 Å². The van der Waals surface area contributed by atoms with Gasteiger partial charge in [-0.3, -0.25) is 4.85 Å². The Morgan fingerprint density at radius 2 is 2.33 bits per heavy atom. The van der Waals surface area contributed by atoms with E-state index in [2.05, 4.69) is 25.5 Å². The number of halogens is 1. The summed E-state index contributed by atoms with van der Waals surface area (Å²) < 4.78 is 4.54. The maximum Gasteiger partial charge on any atom is 0.392 e. The number of rotatable bonds is 4. The largest absolute Gasteiger partial charge is 0.463 e. The predicted octanol–water partition coefficient (Wildman–Crippen LogP) is 2.01. The van der Waals surface area contributed by atoms with Crippen molar-refractivity contribution in [3.63, 3.8) is 0 Å². The zero-order chi connectivity index (χ0) is 9.61. The first-order valence-electron chi connectivity index (χ1n) is 3.63. The molecule has 0 saturated heterocycles. The van der Waals surface area contributed by atoms with Crippen molar-refractivity contribution in [3.05, 3.63) is 11.4 Å². The molecule has 0 aliphatic heterocycles. The number of carbonyl (C=O) groups excluding carboxylic acids is 1. The zero-order valence-corrected chi connectivity index (χ0v) is 8.85. The lowest BCUT2D eigenvalue weighted by Gasteiger charge is -2.12. The highest BCUT2D eigenvalue weighted by molar-refractivity contribution is 9.09. The van der Waals surface area contributed by atoms with Crippen LogP contribution in [0.1, 0.15) is 19.8 Å². The summed E-state index contributed by atoms with van der Waals surface area (Å²) in [7, 11) is 1.31. The minimum Gasteiger partial charge on any atom is -0.463 e. The zero-order valence-electron chi connectivity index (χ0n) is 7.26. The van der Waals surface area contributed by atoms with E-state index < -0.39 is 11.5 Å². The van der Waals surface area contributed by atoms with Gasteiger partial charge < -0.3 is 4.74 Å². The molecule has 4 heteroatoms. The molecule has 0 amide bonds. The number of hydrogen-bond acceptors (Lipinski definition) is 2. The van der Waals surface area contributed by atoms with Gasteiger partial charge in [0.15, 0.2) is 0 Å². The molecular weight excluding hydrogens is 222 g/mol. The highest BCUT2D eigenvalue weighted by atomic mass is 79.9. The lowest BCUT2D eigenvalue weighted by atomic mass is 9.98. The first-order valence-corrected chi connectivity index (χ1v) is 4.76. The molecule has 0 aliphatic carbocycles. The summed E-state index contributed by atoms with van der Waals surface area (Å²) in [6.07, 6.45) is 1.34. The molecule has 0 fully saturated rings. The molecule has 0 aliphatic rings. The Morgan fingerprint density at radius 1 is 1.75 bits per heavy atom. The number of methoxy groups -OCH3 is 1. The third kappa shape index (κ3) is 2.82. The summed E-state index contributed by atoms with van der Waals surface area (Å²) in [4.78, 5) is 14.4. The van der Waals surface area contributed by atoms with Gasteiger partial charge in [0.25, 0.3) is 0 Å². The van der Waals surface area contributed by atoms with E-state index in [0.29, 0.717) is 6.42 Å². The number of carbonyl (C=O) groups is 1. The van der Waals surface area contributed by atoms with Crippen LogP contribution in [0.2, 0.25) is 0 Å². The topological polar surface area (TPSA) is 30.7 Å². The number of alkyl halides is 1. The number of esters is 1. The number of hydrogen-bond donors (Lipinski definition) is 0. The monoisotopic (exact) mass is 233 g/mol. The summed E-state index contributed by atoms with van der Waals surface area (Å²) in [6, 6.07) is 0. The van der Waals surface area contributed by atoms with E-state index in [-0.39, 0.29) is 0 Å². The molecule has 12 heavy (non-hydrogen) atoms. The molecule has 0 N–H and O–H groups in total. The normalized spacial score (nSPS) is 14.5. The molecular formula is C8H12BrNO2. The molecule has 0 spiro atoms. The van der Waals surface area contributed by atoms with E-state index in [9.17, 15) is 4.79 Å². The molecule has 0 bridgehead atoms. The van der Waals surface area contributed by atoms with Crippen LogP contribution >= 0.6 is 15.9 Å². The summed E-state index contributed by atoms with van der Waals surface area (Å²) in [5.74, 6) is -0.446. The van der Waals surface area contributed by atoms with Gasteiger partial charge in [-0.05, 0) is 6.42 Å². The maximum absolute atomic E-state index is 11.1. The van der Waals surface area contributed by atoms with Crippen molar-refractivity contribution in [2.75, 3.05) is 12.4 Å². The summed E-state index contributed by atoms with van der Waals surface area (Å²) >= 11 is 3.25. The second-order valence-electron chi connectivity index (χ2n) is 2.67. The van der Waals surface area contributed by atoms with Crippen molar-refractivity contribution < 1.29 is 9.53 Å². The Balaban J connectivity index is 4.26. The fourth-order valence-corrected chi connectivity index (χ4v) is 1.11. The molecule has 1 atom stereocenters. The van der Waals surface area contributed by atoms with Crippen LogP contribution in [-0.2, 0) is 9.53 Å². The average Bonchev–Trinajstić information content (AvgIpc) is 2.12. The standard InChI is InChI=1S/C8H12BrNO2/c1-8(10-2,5-4-6-9)7(11)12-3/h4-6H2,1,3H3/t8-/m0/s1. The van der Waals surface area contributed by atoms with E-state index in [1.807, 2.05) is 0 Å². The molecule has 0 aromatic heterocycles. The van der Waals surface area contributed by atoms with Gasteiger partial charge in [0.2, 0.25) is 0 Å². The van der Waals surface area contributed by atoms with Gasteiger partial charge in [-0.2, -0.15) is 0 Å². The molecule has 0 aromatic carbocycles. The van der Waals surface area contributed by atoms with Crippen molar-refractivity contribution in [2.24, 2.45) is 0 Å². The molecule has 0 heterocycles. The molecule has 0 unspecified atom stereocenters. The highest BCUT2D eigenvalue weighted by Gasteiger charge is 2.40. The third-order valence-corrected chi connectivity index (χ3v) is 2.23.